The lowest BCUT2D eigenvalue weighted by atomic mass is 9.84. The molecule has 0 aromatic heterocycles. The molecule has 0 saturated heterocycles. The van der Waals surface area contributed by atoms with Gasteiger partial charge in [-0.3, -0.25) is 0 Å². The van der Waals surface area contributed by atoms with Crippen LogP contribution in [0.2, 0.25) is 0 Å². The van der Waals surface area contributed by atoms with Crippen molar-refractivity contribution in [1.29, 1.82) is 0 Å². The monoisotopic (exact) mass is 484 g/mol. The van der Waals surface area contributed by atoms with E-state index in [2.05, 4.69) is 0 Å². The third-order valence-electron chi connectivity index (χ3n) is 6.02. The van der Waals surface area contributed by atoms with Gasteiger partial charge in [0.25, 0.3) is 0 Å². The van der Waals surface area contributed by atoms with Crippen LogP contribution in [0.15, 0.2) is 65.6 Å². The Hall–Kier alpha value is -2.70. The van der Waals surface area contributed by atoms with Gasteiger partial charge in [-0.25, -0.2) is 13.6 Å². The van der Waals surface area contributed by atoms with Gasteiger partial charge < -0.3 is 9.84 Å². The highest BCUT2D eigenvalue weighted by Crippen LogP contribution is 2.36. The van der Waals surface area contributed by atoms with Gasteiger partial charge in [0.1, 0.15) is 11.6 Å². The zero-order chi connectivity index (χ0) is 24.7. The average molecular weight is 485 g/mol. The van der Waals surface area contributed by atoms with Crippen molar-refractivity contribution in [2.45, 2.75) is 50.0 Å². The molecule has 0 amide bonds. The Labute approximate surface area is 204 Å². The van der Waals surface area contributed by atoms with E-state index in [-0.39, 0.29) is 5.97 Å². The quantitative estimate of drug-likeness (QED) is 0.189. The van der Waals surface area contributed by atoms with Crippen molar-refractivity contribution < 1.29 is 23.4 Å². The molecule has 2 unspecified atom stereocenters. The minimum Gasteiger partial charge on any atom is -0.465 e. The molecule has 0 aliphatic rings. The highest BCUT2D eigenvalue weighted by Gasteiger charge is 2.24. The standard InChI is InChI=1S/C28H30F2O3S/c1-18-7-8-21(14-19(18)2)27(31)26(22-15-23(29)17-24(30)16-22)6-4-5-13-34-25-11-9-20(10-12-25)28(32)33-3/h7-12,14-17,26-27,31H,4-6,13H2,1-3H3. The highest BCUT2D eigenvalue weighted by atomic mass is 32.2. The number of hydrogen-bond acceptors (Lipinski definition) is 4. The van der Waals surface area contributed by atoms with E-state index in [4.69, 9.17) is 4.74 Å². The number of benzene rings is 3. The third-order valence-corrected chi connectivity index (χ3v) is 7.12. The predicted octanol–water partition coefficient (Wildman–Crippen LogP) is 7.15. The summed E-state index contributed by atoms with van der Waals surface area (Å²) < 4.78 is 32.6. The molecule has 3 aromatic carbocycles. The summed E-state index contributed by atoms with van der Waals surface area (Å²) in [5, 5.41) is 11.2. The molecule has 0 saturated carbocycles. The van der Waals surface area contributed by atoms with Gasteiger partial charge in [0.15, 0.2) is 0 Å². The molecule has 6 heteroatoms. The van der Waals surface area contributed by atoms with Crippen molar-refractivity contribution in [2.75, 3.05) is 12.9 Å². The Balaban J connectivity index is 1.64. The van der Waals surface area contributed by atoms with Gasteiger partial charge in [-0.15, -0.1) is 11.8 Å². The van der Waals surface area contributed by atoms with Crippen molar-refractivity contribution in [3.8, 4) is 0 Å². The molecule has 0 aliphatic heterocycles. The van der Waals surface area contributed by atoms with Crippen molar-refractivity contribution in [3.63, 3.8) is 0 Å². The first kappa shape index (κ1) is 25.9. The number of esters is 1. The average Bonchev–Trinajstić information content (AvgIpc) is 2.82. The van der Waals surface area contributed by atoms with Gasteiger partial charge in [-0.2, -0.15) is 0 Å². The van der Waals surface area contributed by atoms with Crippen LogP contribution in [0, 0.1) is 25.5 Å². The first-order valence-corrected chi connectivity index (χ1v) is 12.3. The number of carbonyl (C=O) groups excluding carboxylic acids is 1. The van der Waals surface area contributed by atoms with Crippen LogP contribution in [-0.2, 0) is 4.74 Å². The number of unbranched alkanes of at least 4 members (excludes halogenated alkanes) is 1. The van der Waals surface area contributed by atoms with Crippen LogP contribution in [-0.4, -0.2) is 23.9 Å². The molecule has 3 aromatic rings. The molecule has 0 fully saturated rings. The van der Waals surface area contributed by atoms with Crippen LogP contribution >= 0.6 is 11.8 Å². The minimum absolute atomic E-state index is 0.362. The Morgan fingerprint density at radius 1 is 0.912 bits per heavy atom. The van der Waals surface area contributed by atoms with E-state index in [1.54, 1.807) is 23.9 Å². The van der Waals surface area contributed by atoms with Crippen LogP contribution in [0.3, 0.4) is 0 Å². The number of aryl methyl sites for hydroxylation is 2. The van der Waals surface area contributed by atoms with Crippen LogP contribution in [0.1, 0.15) is 63.9 Å². The summed E-state index contributed by atoms with van der Waals surface area (Å²) in [5.74, 6) is -1.21. The second kappa shape index (κ2) is 12.1. The van der Waals surface area contributed by atoms with Crippen LogP contribution in [0.4, 0.5) is 8.78 Å². The second-order valence-corrected chi connectivity index (χ2v) is 9.63. The number of rotatable bonds is 10. The molecular formula is C28H30F2O3S. The van der Waals surface area contributed by atoms with Gasteiger partial charge in [-0.1, -0.05) is 24.6 Å². The number of thioether (sulfide) groups is 1. The largest absolute Gasteiger partial charge is 0.465 e. The lowest BCUT2D eigenvalue weighted by molar-refractivity contribution is 0.0600. The number of carbonyl (C=O) groups is 1. The number of hydrogen-bond donors (Lipinski definition) is 1. The number of halogens is 2. The first-order chi connectivity index (χ1) is 16.3. The highest BCUT2D eigenvalue weighted by molar-refractivity contribution is 7.99. The second-order valence-electron chi connectivity index (χ2n) is 8.46. The Morgan fingerprint density at radius 2 is 1.59 bits per heavy atom. The summed E-state index contributed by atoms with van der Waals surface area (Å²) in [5.41, 5.74) is 3.92. The lowest BCUT2D eigenvalue weighted by Gasteiger charge is -2.25. The summed E-state index contributed by atoms with van der Waals surface area (Å²) >= 11 is 1.67. The van der Waals surface area contributed by atoms with E-state index in [1.165, 1.54) is 19.2 Å². The minimum atomic E-state index is -0.862. The van der Waals surface area contributed by atoms with Crippen molar-refractivity contribution in [3.05, 3.63) is 100 Å². The maximum Gasteiger partial charge on any atom is 0.337 e. The fraction of sp³-hybridized carbons (Fsp3) is 0.321. The molecule has 0 heterocycles. The zero-order valence-electron chi connectivity index (χ0n) is 19.7. The summed E-state index contributed by atoms with van der Waals surface area (Å²) in [6, 6.07) is 16.5. The zero-order valence-corrected chi connectivity index (χ0v) is 20.5. The number of methoxy groups -OCH3 is 1. The molecule has 0 aliphatic carbocycles. The van der Waals surface area contributed by atoms with Gasteiger partial charge >= 0.3 is 5.97 Å². The SMILES string of the molecule is COC(=O)c1ccc(SCCCCC(c2cc(F)cc(F)c2)C(O)c2ccc(C)c(C)c2)cc1. The molecule has 3 nitrogen and oxygen atoms in total. The van der Waals surface area contributed by atoms with E-state index in [0.29, 0.717) is 17.5 Å². The molecular weight excluding hydrogens is 454 g/mol. The summed E-state index contributed by atoms with van der Waals surface area (Å²) in [7, 11) is 1.35. The molecule has 0 spiro atoms. The maximum absolute atomic E-state index is 13.9. The number of aliphatic hydroxyl groups is 1. The topological polar surface area (TPSA) is 46.5 Å². The summed E-state index contributed by atoms with van der Waals surface area (Å²) in [6.45, 7) is 3.99. The van der Waals surface area contributed by atoms with Crippen molar-refractivity contribution >= 4 is 17.7 Å². The lowest BCUT2D eigenvalue weighted by Crippen LogP contribution is -2.12. The third kappa shape index (κ3) is 6.90. The predicted molar refractivity (Wildman–Crippen MR) is 132 cm³/mol. The Morgan fingerprint density at radius 3 is 2.21 bits per heavy atom. The van der Waals surface area contributed by atoms with Crippen LogP contribution in [0.25, 0.3) is 0 Å². The molecule has 2 atom stereocenters. The van der Waals surface area contributed by atoms with Gasteiger partial charge in [0, 0.05) is 16.9 Å². The van der Waals surface area contributed by atoms with E-state index in [0.717, 1.165) is 46.2 Å². The molecule has 0 radical (unpaired) electrons. The fourth-order valence-electron chi connectivity index (χ4n) is 3.94. The Bertz CT molecular complexity index is 1090. The van der Waals surface area contributed by atoms with Crippen LogP contribution in [0.5, 0.6) is 0 Å². The molecule has 0 bridgehead atoms. The fourth-order valence-corrected chi connectivity index (χ4v) is 4.85. The smallest absolute Gasteiger partial charge is 0.337 e. The van der Waals surface area contributed by atoms with E-state index in [9.17, 15) is 18.7 Å². The first-order valence-electron chi connectivity index (χ1n) is 11.3. The summed E-state index contributed by atoms with van der Waals surface area (Å²) in [6.07, 6.45) is 1.40. The summed E-state index contributed by atoms with van der Waals surface area (Å²) in [4.78, 5) is 12.6. The van der Waals surface area contributed by atoms with E-state index >= 15 is 0 Å². The van der Waals surface area contributed by atoms with Gasteiger partial charge in [0.05, 0.1) is 18.8 Å². The van der Waals surface area contributed by atoms with E-state index < -0.39 is 23.7 Å². The molecule has 34 heavy (non-hydrogen) atoms. The van der Waals surface area contributed by atoms with Gasteiger partial charge in [-0.05, 0) is 91.1 Å². The molecule has 3 rings (SSSR count). The van der Waals surface area contributed by atoms with Crippen molar-refractivity contribution in [2.24, 2.45) is 0 Å². The van der Waals surface area contributed by atoms with Gasteiger partial charge in [0.2, 0.25) is 0 Å². The number of ether oxygens (including phenoxy) is 1. The normalized spacial score (nSPS) is 12.9. The van der Waals surface area contributed by atoms with E-state index in [1.807, 2.05) is 44.2 Å². The molecule has 1 N–H and O–H groups in total. The van der Waals surface area contributed by atoms with Crippen molar-refractivity contribution in [1.82, 2.24) is 0 Å². The Kier molecular flexibility index (Phi) is 9.25. The number of aliphatic hydroxyl groups excluding tert-OH is 1. The molecule has 180 valence electrons. The maximum atomic E-state index is 13.9. The van der Waals surface area contributed by atoms with Crippen LogP contribution < -0.4 is 0 Å².